The number of thiophene rings is 1. The molecule has 1 unspecified atom stereocenters. The molecule has 0 radical (unpaired) electrons. The maximum absolute atomic E-state index is 5.54. The summed E-state index contributed by atoms with van der Waals surface area (Å²) >= 11 is 1.82. The van der Waals surface area contributed by atoms with Crippen molar-refractivity contribution in [3.05, 3.63) is 52.7 Å². The van der Waals surface area contributed by atoms with Crippen LogP contribution in [0, 0.1) is 0 Å². The van der Waals surface area contributed by atoms with Crippen molar-refractivity contribution in [2.75, 3.05) is 64.9 Å². The molecule has 164 valence electrons. The Bertz CT molecular complexity index is 731. The zero-order chi connectivity index (χ0) is 21.0. The maximum Gasteiger partial charge on any atom is 0.191 e. The van der Waals surface area contributed by atoms with Crippen molar-refractivity contribution in [3.63, 3.8) is 0 Å². The molecule has 0 amide bonds. The molecule has 1 aromatic carbocycles. The summed E-state index contributed by atoms with van der Waals surface area (Å²) in [7, 11) is 3.99. The average Bonchev–Trinajstić information content (AvgIpc) is 3.33. The van der Waals surface area contributed by atoms with Gasteiger partial charge in [-0.05, 0) is 36.4 Å². The van der Waals surface area contributed by atoms with Crippen LogP contribution in [0.4, 0.5) is 5.69 Å². The van der Waals surface area contributed by atoms with Gasteiger partial charge in [0.25, 0.3) is 0 Å². The quantitative estimate of drug-likeness (QED) is 0.345. The number of morpholine rings is 1. The van der Waals surface area contributed by atoms with E-state index in [9.17, 15) is 0 Å². The first kappa shape index (κ1) is 22.6. The van der Waals surface area contributed by atoms with Crippen molar-refractivity contribution in [2.45, 2.75) is 18.9 Å². The van der Waals surface area contributed by atoms with Gasteiger partial charge < -0.3 is 20.3 Å². The SMILES string of the molecule is CN=C(NCCCCN(C)c1ccccc1)NCC(c1cccs1)N1CCOCC1. The normalized spacial score (nSPS) is 16.3. The molecule has 3 rings (SSSR count). The van der Waals surface area contributed by atoms with Crippen molar-refractivity contribution in [1.29, 1.82) is 0 Å². The number of rotatable bonds is 10. The molecule has 1 aliphatic rings. The van der Waals surface area contributed by atoms with Crippen LogP contribution in [0.15, 0.2) is 52.8 Å². The highest BCUT2D eigenvalue weighted by Crippen LogP contribution is 2.25. The Labute approximate surface area is 184 Å². The minimum absolute atomic E-state index is 0.354. The molecule has 1 aromatic heterocycles. The molecule has 0 aliphatic carbocycles. The van der Waals surface area contributed by atoms with E-state index in [0.29, 0.717) is 6.04 Å². The largest absolute Gasteiger partial charge is 0.379 e. The first-order chi connectivity index (χ1) is 14.8. The van der Waals surface area contributed by atoms with E-state index in [1.54, 1.807) is 0 Å². The summed E-state index contributed by atoms with van der Waals surface area (Å²) in [5, 5.41) is 9.16. The molecule has 2 N–H and O–H groups in total. The number of hydrogen-bond acceptors (Lipinski definition) is 5. The molecule has 1 atom stereocenters. The number of hydrogen-bond donors (Lipinski definition) is 2. The van der Waals surface area contributed by atoms with Gasteiger partial charge in [0.2, 0.25) is 0 Å². The number of nitrogens with zero attached hydrogens (tertiary/aromatic N) is 3. The topological polar surface area (TPSA) is 52.1 Å². The zero-order valence-corrected chi connectivity index (χ0v) is 19.0. The van der Waals surface area contributed by atoms with Crippen LogP contribution < -0.4 is 15.5 Å². The van der Waals surface area contributed by atoms with Crippen molar-refractivity contribution in [1.82, 2.24) is 15.5 Å². The summed E-state index contributed by atoms with van der Waals surface area (Å²) < 4.78 is 5.54. The van der Waals surface area contributed by atoms with Gasteiger partial charge >= 0.3 is 0 Å². The Morgan fingerprint density at radius 1 is 1.13 bits per heavy atom. The lowest BCUT2D eigenvalue weighted by atomic mass is 10.2. The second-order valence-electron chi connectivity index (χ2n) is 7.52. The fourth-order valence-electron chi connectivity index (χ4n) is 3.69. The van der Waals surface area contributed by atoms with E-state index in [2.05, 4.69) is 80.3 Å². The first-order valence-corrected chi connectivity index (χ1v) is 11.7. The van der Waals surface area contributed by atoms with Crippen LogP contribution in [0.5, 0.6) is 0 Å². The monoisotopic (exact) mass is 429 g/mol. The van der Waals surface area contributed by atoms with Crippen LogP contribution in [-0.4, -0.2) is 70.9 Å². The van der Waals surface area contributed by atoms with E-state index >= 15 is 0 Å². The Hall–Kier alpha value is -2.09. The molecular weight excluding hydrogens is 394 g/mol. The first-order valence-electron chi connectivity index (χ1n) is 10.8. The van der Waals surface area contributed by atoms with Crippen molar-refractivity contribution in [3.8, 4) is 0 Å². The number of anilines is 1. The van der Waals surface area contributed by atoms with Gasteiger partial charge in [-0.1, -0.05) is 24.3 Å². The van der Waals surface area contributed by atoms with Crippen LogP contribution in [0.3, 0.4) is 0 Å². The summed E-state index contributed by atoms with van der Waals surface area (Å²) in [5.74, 6) is 0.876. The summed E-state index contributed by atoms with van der Waals surface area (Å²) in [5.41, 5.74) is 1.27. The third kappa shape index (κ3) is 7.00. The minimum Gasteiger partial charge on any atom is -0.379 e. The molecule has 1 fully saturated rings. The van der Waals surface area contributed by atoms with Crippen LogP contribution in [-0.2, 0) is 4.74 Å². The molecule has 0 saturated carbocycles. The molecule has 0 bridgehead atoms. The molecule has 2 aromatic rings. The molecule has 0 spiro atoms. The van der Waals surface area contributed by atoms with Gasteiger partial charge in [-0.2, -0.15) is 0 Å². The molecule has 1 saturated heterocycles. The third-order valence-electron chi connectivity index (χ3n) is 5.45. The highest BCUT2D eigenvalue weighted by atomic mass is 32.1. The standard InChI is InChI=1S/C23H35N5OS/c1-24-23(25-12-6-7-13-27(2)20-9-4-3-5-10-20)26-19-21(22-11-8-18-30-22)28-14-16-29-17-15-28/h3-5,8-11,18,21H,6-7,12-17,19H2,1-2H3,(H2,24,25,26). The van der Waals surface area contributed by atoms with Gasteiger partial charge in [0.05, 0.1) is 19.3 Å². The maximum atomic E-state index is 5.54. The van der Waals surface area contributed by atoms with Gasteiger partial charge in [0, 0.05) is 57.4 Å². The summed E-state index contributed by atoms with van der Waals surface area (Å²) in [4.78, 5) is 10.6. The van der Waals surface area contributed by atoms with Gasteiger partial charge in [-0.15, -0.1) is 11.3 Å². The van der Waals surface area contributed by atoms with E-state index in [1.165, 1.54) is 10.6 Å². The Morgan fingerprint density at radius 2 is 1.93 bits per heavy atom. The van der Waals surface area contributed by atoms with Crippen LogP contribution in [0.2, 0.25) is 0 Å². The second kappa shape index (κ2) is 12.6. The van der Waals surface area contributed by atoms with E-state index in [4.69, 9.17) is 4.74 Å². The van der Waals surface area contributed by atoms with Crippen molar-refractivity contribution in [2.24, 2.45) is 4.99 Å². The molecular formula is C23H35N5OS. The van der Waals surface area contributed by atoms with Gasteiger partial charge in [-0.3, -0.25) is 9.89 Å². The van der Waals surface area contributed by atoms with Crippen LogP contribution in [0.25, 0.3) is 0 Å². The Balaban J connectivity index is 1.39. The molecule has 1 aliphatic heterocycles. The van der Waals surface area contributed by atoms with Gasteiger partial charge in [0.1, 0.15) is 0 Å². The van der Waals surface area contributed by atoms with Crippen LogP contribution in [0.1, 0.15) is 23.8 Å². The number of nitrogens with one attached hydrogen (secondary N) is 2. The lowest BCUT2D eigenvalue weighted by Gasteiger charge is -2.34. The summed E-state index contributed by atoms with van der Waals surface area (Å²) in [6, 6.07) is 15.3. The van der Waals surface area contributed by atoms with Crippen LogP contribution >= 0.6 is 11.3 Å². The van der Waals surface area contributed by atoms with Crippen molar-refractivity contribution < 1.29 is 4.74 Å². The fraction of sp³-hybridized carbons (Fsp3) is 0.522. The highest BCUT2D eigenvalue weighted by Gasteiger charge is 2.23. The summed E-state index contributed by atoms with van der Waals surface area (Å²) in [6.07, 6.45) is 2.25. The molecule has 7 heteroatoms. The van der Waals surface area contributed by atoms with E-state index in [0.717, 1.165) is 64.7 Å². The Morgan fingerprint density at radius 3 is 2.63 bits per heavy atom. The third-order valence-corrected chi connectivity index (χ3v) is 6.43. The molecule has 2 heterocycles. The van der Waals surface area contributed by atoms with Gasteiger partial charge in [0.15, 0.2) is 5.96 Å². The Kier molecular flexibility index (Phi) is 9.47. The second-order valence-corrected chi connectivity index (χ2v) is 8.50. The van der Waals surface area contributed by atoms with Gasteiger partial charge in [-0.25, -0.2) is 0 Å². The highest BCUT2D eigenvalue weighted by molar-refractivity contribution is 7.10. The predicted molar refractivity (Wildman–Crippen MR) is 128 cm³/mol. The summed E-state index contributed by atoms with van der Waals surface area (Å²) in [6.45, 7) is 6.39. The fourth-order valence-corrected chi connectivity index (χ4v) is 4.55. The number of aliphatic imine (C=N–C) groups is 1. The van der Waals surface area contributed by atoms with E-state index < -0.39 is 0 Å². The number of benzene rings is 1. The smallest absolute Gasteiger partial charge is 0.191 e. The molecule has 6 nitrogen and oxygen atoms in total. The lowest BCUT2D eigenvalue weighted by molar-refractivity contribution is 0.0177. The average molecular weight is 430 g/mol. The van der Waals surface area contributed by atoms with Crippen molar-refractivity contribution >= 4 is 23.0 Å². The number of para-hydroxylation sites is 1. The number of ether oxygens (including phenoxy) is 1. The number of unbranched alkanes of at least 4 members (excludes halogenated alkanes) is 1. The number of guanidine groups is 1. The zero-order valence-electron chi connectivity index (χ0n) is 18.2. The van der Waals surface area contributed by atoms with E-state index in [-0.39, 0.29) is 0 Å². The molecule has 30 heavy (non-hydrogen) atoms. The predicted octanol–water partition coefficient (Wildman–Crippen LogP) is 3.20. The van der Waals surface area contributed by atoms with E-state index in [1.807, 2.05) is 18.4 Å². The minimum atomic E-state index is 0.354. The lowest BCUT2D eigenvalue weighted by Crippen LogP contribution is -2.46.